The van der Waals surface area contributed by atoms with E-state index in [1.54, 1.807) is 41.3 Å². The van der Waals surface area contributed by atoms with Crippen LogP contribution in [-0.4, -0.2) is 64.2 Å². The lowest BCUT2D eigenvalue weighted by molar-refractivity contribution is -0.122. The topological polar surface area (TPSA) is 107 Å². The second-order valence-corrected chi connectivity index (χ2v) is 7.74. The second-order valence-electron chi connectivity index (χ2n) is 7.74. The number of rotatable bonds is 5. The average Bonchev–Trinajstić information content (AvgIpc) is 3.02. The van der Waals surface area contributed by atoms with Crippen molar-refractivity contribution in [1.29, 1.82) is 0 Å². The molecule has 31 heavy (non-hydrogen) atoms. The molecular weight excluding hydrogens is 398 g/mol. The smallest absolute Gasteiger partial charge is 0.261 e. The highest BCUT2D eigenvalue weighted by molar-refractivity contribution is 6.21. The molecule has 0 spiro atoms. The quantitative estimate of drug-likeness (QED) is 0.716. The van der Waals surface area contributed by atoms with Crippen LogP contribution in [0.1, 0.15) is 50.3 Å². The van der Waals surface area contributed by atoms with Crippen LogP contribution in [-0.2, 0) is 4.79 Å². The number of hydrogen-bond donors (Lipinski definition) is 2. The van der Waals surface area contributed by atoms with Gasteiger partial charge >= 0.3 is 0 Å². The molecule has 2 aromatic carbocycles. The van der Waals surface area contributed by atoms with Crippen LogP contribution in [0.25, 0.3) is 0 Å². The Balaban J connectivity index is 1.24. The zero-order chi connectivity index (χ0) is 22.0. The van der Waals surface area contributed by atoms with Gasteiger partial charge in [-0.3, -0.25) is 24.1 Å². The molecule has 2 N–H and O–H groups in total. The molecule has 0 atom stereocenters. The Labute approximate surface area is 179 Å². The van der Waals surface area contributed by atoms with Gasteiger partial charge in [-0.15, -0.1) is 0 Å². The van der Waals surface area contributed by atoms with Crippen molar-refractivity contribution in [1.82, 2.24) is 15.1 Å². The van der Waals surface area contributed by atoms with Gasteiger partial charge in [0, 0.05) is 37.7 Å². The Morgan fingerprint density at radius 1 is 0.968 bits per heavy atom. The Kier molecular flexibility index (Phi) is 5.70. The Hall–Kier alpha value is -3.68. The average molecular weight is 421 g/mol. The lowest BCUT2D eigenvalue weighted by atomic mass is 10.0. The van der Waals surface area contributed by atoms with Crippen molar-refractivity contribution in [3.05, 3.63) is 65.2 Å². The monoisotopic (exact) mass is 421 g/mol. The molecule has 2 aliphatic rings. The Bertz CT molecular complexity index is 1010. The predicted octanol–water partition coefficient (Wildman–Crippen LogP) is 1.80. The van der Waals surface area contributed by atoms with Gasteiger partial charge in [-0.1, -0.05) is 18.2 Å². The van der Waals surface area contributed by atoms with Crippen LogP contribution in [0, 0.1) is 0 Å². The molecule has 160 valence electrons. The maximum atomic E-state index is 12.5. The molecule has 0 saturated carbocycles. The maximum Gasteiger partial charge on any atom is 0.261 e. The zero-order valence-electron chi connectivity index (χ0n) is 16.9. The summed E-state index contributed by atoms with van der Waals surface area (Å²) in [5, 5.41) is 12.5. The van der Waals surface area contributed by atoms with Gasteiger partial charge in [0.25, 0.3) is 17.7 Å². The number of phenolic OH excluding ortho intramolecular Hbond substituents is 1. The fourth-order valence-corrected chi connectivity index (χ4v) is 4.00. The number of imide groups is 1. The largest absolute Gasteiger partial charge is 0.508 e. The SMILES string of the molecule is O=C(CCN1C(=O)c2ccccc2C1=O)NC1CCN(C(=O)c2cccc(O)c2)CC1. The maximum absolute atomic E-state index is 12.5. The molecule has 2 aliphatic heterocycles. The lowest BCUT2D eigenvalue weighted by Gasteiger charge is -2.32. The van der Waals surface area contributed by atoms with Crippen LogP contribution < -0.4 is 5.32 Å². The molecule has 0 bridgehead atoms. The number of phenols is 1. The molecule has 4 amide bonds. The van der Waals surface area contributed by atoms with Gasteiger partial charge in [-0.05, 0) is 43.2 Å². The number of likely N-dealkylation sites (tertiary alicyclic amines) is 1. The molecule has 8 nitrogen and oxygen atoms in total. The van der Waals surface area contributed by atoms with E-state index in [4.69, 9.17) is 0 Å². The highest BCUT2D eigenvalue weighted by Crippen LogP contribution is 2.22. The molecule has 8 heteroatoms. The van der Waals surface area contributed by atoms with Crippen LogP contribution in [0.3, 0.4) is 0 Å². The number of nitrogens with one attached hydrogen (secondary N) is 1. The minimum absolute atomic E-state index is 0.0347. The van der Waals surface area contributed by atoms with E-state index in [0.29, 0.717) is 42.6 Å². The zero-order valence-corrected chi connectivity index (χ0v) is 16.9. The van der Waals surface area contributed by atoms with E-state index < -0.39 is 0 Å². The van der Waals surface area contributed by atoms with Crippen LogP contribution in [0.4, 0.5) is 0 Å². The van der Waals surface area contributed by atoms with Crippen molar-refractivity contribution in [3.63, 3.8) is 0 Å². The van der Waals surface area contributed by atoms with Gasteiger partial charge in [-0.25, -0.2) is 0 Å². The summed E-state index contributed by atoms with van der Waals surface area (Å²) in [6, 6.07) is 12.8. The molecule has 2 aromatic rings. The minimum Gasteiger partial charge on any atom is -0.508 e. The third-order valence-electron chi connectivity index (χ3n) is 5.68. The van der Waals surface area contributed by atoms with Crippen molar-refractivity contribution in [3.8, 4) is 5.75 Å². The van der Waals surface area contributed by atoms with Gasteiger partial charge in [0.2, 0.25) is 5.91 Å². The second kappa shape index (κ2) is 8.59. The predicted molar refractivity (Wildman–Crippen MR) is 112 cm³/mol. The van der Waals surface area contributed by atoms with Crippen molar-refractivity contribution < 1.29 is 24.3 Å². The first-order valence-electron chi connectivity index (χ1n) is 10.3. The first-order valence-corrected chi connectivity index (χ1v) is 10.3. The van der Waals surface area contributed by atoms with E-state index in [1.165, 1.54) is 12.1 Å². The number of benzene rings is 2. The number of fused-ring (bicyclic) bond motifs is 1. The summed E-state index contributed by atoms with van der Waals surface area (Å²) >= 11 is 0. The van der Waals surface area contributed by atoms with Gasteiger partial charge in [0.1, 0.15) is 5.75 Å². The van der Waals surface area contributed by atoms with E-state index in [2.05, 4.69) is 5.32 Å². The number of amides is 4. The number of nitrogens with zero attached hydrogens (tertiary/aromatic N) is 2. The summed E-state index contributed by atoms with van der Waals surface area (Å²) in [5.74, 6) is -1.06. The van der Waals surface area contributed by atoms with Gasteiger partial charge in [0.05, 0.1) is 11.1 Å². The first kappa shape index (κ1) is 20.6. The van der Waals surface area contributed by atoms with Gasteiger partial charge in [0.15, 0.2) is 0 Å². The molecule has 0 unspecified atom stereocenters. The van der Waals surface area contributed by atoms with Crippen molar-refractivity contribution in [2.45, 2.75) is 25.3 Å². The van der Waals surface area contributed by atoms with Crippen LogP contribution >= 0.6 is 0 Å². The third kappa shape index (κ3) is 4.28. The van der Waals surface area contributed by atoms with Crippen LogP contribution in [0.15, 0.2) is 48.5 Å². The number of piperidine rings is 1. The fraction of sp³-hybridized carbons (Fsp3) is 0.304. The minimum atomic E-state index is -0.368. The molecule has 4 rings (SSSR count). The van der Waals surface area contributed by atoms with Gasteiger partial charge in [-0.2, -0.15) is 0 Å². The van der Waals surface area contributed by atoms with E-state index in [1.807, 2.05) is 0 Å². The molecular formula is C23H23N3O5. The van der Waals surface area contributed by atoms with Crippen molar-refractivity contribution in [2.75, 3.05) is 19.6 Å². The number of hydrogen-bond acceptors (Lipinski definition) is 5. The molecule has 2 heterocycles. The fourth-order valence-electron chi connectivity index (χ4n) is 4.00. The van der Waals surface area contributed by atoms with Crippen LogP contribution in [0.2, 0.25) is 0 Å². The first-order chi connectivity index (χ1) is 14.9. The van der Waals surface area contributed by atoms with Crippen LogP contribution in [0.5, 0.6) is 5.75 Å². The summed E-state index contributed by atoms with van der Waals surface area (Å²) in [6.07, 6.45) is 1.26. The van der Waals surface area contributed by atoms with Gasteiger partial charge < -0.3 is 15.3 Å². The van der Waals surface area contributed by atoms with E-state index in [-0.39, 0.29) is 48.4 Å². The molecule has 0 aromatic heterocycles. The summed E-state index contributed by atoms with van der Waals surface area (Å²) in [6.45, 7) is 1.03. The number of carbonyl (C=O) groups excluding carboxylic acids is 4. The molecule has 1 fully saturated rings. The normalized spacial score (nSPS) is 16.4. The Morgan fingerprint density at radius 3 is 2.23 bits per heavy atom. The van der Waals surface area contributed by atoms with E-state index in [9.17, 15) is 24.3 Å². The summed E-state index contributed by atoms with van der Waals surface area (Å²) in [5.41, 5.74) is 1.18. The highest BCUT2D eigenvalue weighted by atomic mass is 16.3. The Morgan fingerprint density at radius 2 is 1.61 bits per heavy atom. The van der Waals surface area contributed by atoms with E-state index >= 15 is 0 Å². The number of aromatic hydroxyl groups is 1. The van der Waals surface area contributed by atoms with Crippen molar-refractivity contribution >= 4 is 23.6 Å². The third-order valence-corrected chi connectivity index (χ3v) is 5.68. The van der Waals surface area contributed by atoms with E-state index in [0.717, 1.165) is 4.90 Å². The summed E-state index contributed by atoms with van der Waals surface area (Å²) in [4.78, 5) is 52.5. The number of carbonyl (C=O) groups is 4. The highest BCUT2D eigenvalue weighted by Gasteiger charge is 2.35. The molecule has 1 saturated heterocycles. The summed E-state index contributed by atoms with van der Waals surface area (Å²) in [7, 11) is 0. The van der Waals surface area contributed by atoms with Crippen molar-refractivity contribution in [2.24, 2.45) is 0 Å². The molecule has 0 aliphatic carbocycles. The standard InChI is InChI=1S/C23H23N3O5/c27-17-5-3-4-15(14-17)21(29)25-11-8-16(9-12-25)24-20(28)10-13-26-22(30)18-6-1-2-7-19(18)23(26)31/h1-7,14,16,27H,8-13H2,(H,24,28). The molecule has 0 radical (unpaired) electrons. The summed E-state index contributed by atoms with van der Waals surface area (Å²) < 4.78 is 0. The lowest BCUT2D eigenvalue weighted by Crippen LogP contribution is -2.47.